The summed E-state index contributed by atoms with van der Waals surface area (Å²) in [5.41, 5.74) is 4.72. The topological polar surface area (TPSA) is 58.7 Å². The van der Waals surface area contributed by atoms with Crippen molar-refractivity contribution in [3.8, 4) is 0 Å². The zero-order valence-electron chi connectivity index (χ0n) is 10.7. The molecular formula is C11H26N2O2. The SMILES string of the molecule is COCC(C)N(C)C(C)CC(C)(O)CN. The highest BCUT2D eigenvalue weighted by Crippen LogP contribution is 2.15. The number of ether oxygens (including phenoxy) is 1. The maximum Gasteiger partial charge on any atom is 0.0756 e. The van der Waals surface area contributed by atoms with Gasteiger partial charge in [-0.3, -0.25) is 4.90 Å². The second-order valence-electron chi connectivity index (χ2n) is 4.72. The minimum Gasteiger partial charge on any atom is -0.389 e. The molecule has 0 aliphatic carbocycles. The normalized spacial score (nSPS) is 20.0. The monoisotopic (exact) mass is 218 g/mol. The highest BCUT2D eigenvalue weighted by atomic mass is 16.5. The number of methoxy groups -OCH3 is 1. The molecule has 4 nitrogen and oxygen atoms in total. The van der Waals surface area contributed by atoms with Gasteiger partial charge in [-0.2, -0.15) is 0 Å². The van der Waals surface area contributed by atoms with Crippen molar-refractivity contribution in [2.75, 3.05) is 27.3 Å². The van der Waals surface area contributed by atoms with E-state index >= 15 is 0 Å². The molecule has 15 heavy (non-hydrogen) atoms. The fraction of sp³-hybridized carbons (Fsp3) is 1.00. The van der Waals surface area contributed by atoms with Crippen LogP contribution in [0.15, 0.2) is 0 Å². The summed E-state index contributed by atoms with van der Waals surface area (Å²) in [6.07, 6.45) is 0.675. The van der Waals surface area contributed by atoms with E-state index < -0.39 is 5.60 Å². The summed E-state index contributed by atoms with van der Waals surface area (Å²) in [4.78, 5) is 2.20. The number of nitrogens with zero attached hydrogens (tertiary/aromatic N) is 1. The lowest BCUT2D eigenvalue weighted by atomic mass is 9.96. The molecule has 0 radical (unpaired) electrons. The third-order valence-electron chi connectivity index (χ3n) is 2.97. The van der Waals surface area contributed by atoms with Gasteiger partial charge in [-0.1, -0.05) is 0 Å². The van der Waals surface area contributed by atoms with Crippen LogP contribution in [0.3, 0.4) is 0 Å². The molecule has 0 bridgehead atoms. The van der Waals surface area contributed by atoms with Gasteiger partial charge in [0.15, 0.2) is 0 Å². The Balaban J connectivity index is 4.14. The Bertz CT molecular complexity index is 174. The first-order valence-electron chi connectivity index (χ1n) is 5.47. The summed E-state index contributed by atoms with van der Waals surface area (Å²) in [6, 6.07) is 0.632. The van der Waals surface area contributed by atoms with Gasteiger partial charge in [0.25, 0.3) is 0 Å². The van der Waals surface area contributed by atoms with E-state index in [1.54, 1.807) is 14.0 Å². The fourth-order valence-electron chi connectivity index (χ4n) is 1.66. The quantitative estimate of drug-likeness (QED) is 0.651. The molecule has 3 atom stereocenters. The molecule has 0 aromatic heterocycles. The van der Waals surface area contributed by atoms with Crippen LogP contribution < -0.4 is 5.73 Å². The lowest BCUT2D eigenvalue weighted by Crippen LogP contribution is -2.45. The first-order valence-corrected chi connectivity index (χ1v) is 5.47. The van der Waals surface area contributed by atoms with Crippen LogP contribution in [0.2, 0.25) is 0 Å². The molecule has 0 heterocycles. The van der Waals surface area contributed by atoms with Crippen molar-refractivity contribution < 1.29 is 9.84 Å². The largest absolute Gasteiger partial charge is 0.389 e. The molecule has 0 saturated heterocycles. The standard InChI is InChI=1S/C11H26N2O2/c1-9(6-11(3,14)8-12)13(4)10(2)7-15-5/h9-10,14H,6-8,12H2,1-5H3. The number of likely N-dealkylation sites (N-methyl/N-ethyl adjacent to an activating group) is 1. The van der Waals surface area contributed by atoms with E-state index in [9.17, 15) is 5.11 Å². The zero-order chi connectivity index (χ0) is 12.1. The third kappa shape index (κ3) is 5.47. The summed E-state index contributed by atoms with van der Waals surface area (Å²) in [5.74, 6) is 0. The van der Waals surface area contributed by atoms with Crippen molar-refractivity contribution in [1.82, 2.24) is 4.90 Å². The van der Waals surface area contributed by atoms with Gasteiger partial charge < -0.3 is 15.6 Å². The van der Waals surface area contributed by atoms with Crippen LogP contribution in [0.4, 0.5) is 0 Å². The Morgan fingerprint density at radius 3 is 2.33 bits per heavy atom. The zero-order valence-corrected chi connectivity index (χ0v) is 10.7. The highest BCUT2D eigenvalue weighted by molar-refractivity contribution is 4.81. The van der Waals surface area contributed by atoms with Crippen LogP contribution in [-0.2, 0) is 4.74 Å². The molecule has 3 N–H and O–H groups in total. The molecule has 4 heteroatoms. The van der Waals surface area contributed by atoms with Gasteiger partial charge in [0.2, 0.25) is 0 Å². The minimum atomic E-state index is -0.777. The molecule has 0 aromatic rings. The lowest BCUT2D eigenvalue weighted by molar-refractivity contribution is 0.0172. The first kappa shape index (κ1) is 14.8. The van der Waals surface area contributed by atoms with Crippen LogP contribution in [0, 0.1) is 0 Å². The Morgan fingerprint density at radius 2 is 1.93 bits per heavy atom. The molecule has 0 spiro atoms. The Kier molecular flexibility index (Phi) is 6.36. The predicted octanol–water partition coefficient (Wildman–Crippen LogP) is 0.441. The van der Waals surface area contributed by atoms with E-state index in [1.807, 2.05) is 7.05 Å². The van der Waals surface area contributed by atoms with Gasteiger partial charge in [0.1, 0.15) is 0 Å². The third-order valence-corrected chi connectivity index (χ3v) is 2.97. The van der Waals surface area contributed by atoms with Crippen molar-refractivity contribution in [2.24, 2.45) is 5.73 Å². The van der Waals surface area contributed by atoms with Crippen molar-refractivity contribution in [3.63, 3.8) is 0 Å². The Hall–Kier alpha value is -0.160. The Morgan fingerprint density at radius 1 is 1.40 bits per heavy atom. The average Bonchev–Trinajstić information content (AvgIpc) is 2.16. The van der Waals surface area contributed by atoms with Crippen LogP contribution in [0.5, 0.6) is 0 Å². The fourth-order valence-corrected chi connectivity index (χ4v) is 1.66. The molecule has 0 aliphatic heterocycles. The highest BCUT2D eigenvalue weighted by Gasteiger charge is 2.25. The number of rotatable bonds is 7. The number of aliphatic hydroxyl groups is 1. The van der Waals surface area contributed by atoms with E-state index in [-0.39, 0.29) is 6.04 Å². The first-order chi connectivity index (χ1) is 6.84. The van der Waals surface area contributed by atoms with Crippen LogP contribution in [0.1, 0.15) is 27.2 Å². The van der Waals surface area contributed by atoms with Gasteiger partial charge in [-0.25, -0.2) is 0 Å². The van der Waals surface area contributed by atoms with Crippen molar-refractivity contribution in [3.05, 3.63) is 0 Å². The van der Waals surface area contributed by atoms with Gasteiger partial charge >= 0.3 is 0 Å². The summed E-state index contributed by atoms with van der Waals surface area (Å²) in [5, 5.41) is 9.87. The maximum atomic E-state index is 9.87. The van der Waals surface area contributed by atoms with Crippen molar-refractivity contribution in [1.29, 1.82) is 0 Å². The van der Waals surface area contributed by atoms with Crippen LogP contribution in [0.25, 0.3) is 0 Å². The van der Waals surface area contributed by atoms with Crippen LogP contribution >= 0.6 is 0 Å². The average molecular weight is 218 g/mol. The van der Waals surface area contributed by atoms with E-state index in [4.69, 9.17) is 10.5 Å². The molecule has 0 rings (SSSR count). The number of nitrogens with two attached hydrogens (primary N) is 1. The molecule has 0 saturated carbocycles. The van der Waals surface area contributed by atoms with Gasteiger partial charge in [-0.15, -0.1) is 0 Å². The van der Waals surface area contributed by atoms with E-state index in [0.717, 1.165) is 0 Å². The minimum absolute atomic E-state index is 0.286. The molecule has 92 valence electrons. The second kappa shape index (κ2) is 6.43. The molecule has 0 aromatic carbocycles. The molecule has 0 amide bonds. The maximum absolute atomic E-state index is 9.87. The van der Waals surface area contributed by atoms with Gasteiger partial charge in [0.05, 0.1) is 12.2 Å². The molecule has 0 fully saturated rings. The van der Waals surface area contributed by atoms with Crippen molar-refractivity contribution >= 4 is 0 Å². The molecule has 0 aliphatic rings. The molecule has 3 unspecified atom stereocenters. The Labute approximate surface area is 93.4 Å². The summed E-state index contributed by atoms with van der Waals surface area (Å²) < 4.78 is 5.10. The van der Waals surface area contributed by atoms with E-state index in [0.29, 0.717) is 25.6 Å². The predicted molar refractivity (Wildman–Crippen MR) is 62.9 cm³/mol. The summed E-state index contributed by atoms with van der Waals surface area (Å²) in [7, 11) is 3.74. The second-order valence-corrected chi connectivity index (χ2v) is 4.72. The molecular weight excluding hydrogens is 192 g/mol. The van der Waals surface area contributed by atoms with Gasteiger partial charge in [-0.05, 0) is 34.2 Å². The lowest BCUT2D eigenvalue weighted by Gasteiger charge is -2.34. The number of hydrogen-bond donors (Lipinski definition) is 2. The van der Waals surface area contributed by atoms with Gasteiger partial charge in [0, 0.05) is 25.7 Å². The van der Waals surface area contributed by atoms with Crippen molar-refractivity contribution in [2.45, 2.75) is 44.9 Å². The number of hydrogen-bond acceptors (Lipinski definition) is 4. The summed E-state index contributed by atoms with van der Waals surface area (Å²) >= 11 is 0. The summed E-state index contributed by atoms with van der Waals surface area (Å²) in [6.45, 7) is 6.97. The van der Waals surface area contributed by atoms with Crippen LogP contribution in [-0.4, -0.2) is 55.0 Å². The van der Waals surface area contributed by atoms with E-state index in [2.05, 4.69) is 18.7 Å². The smallest absolute Gasteiger partial charge is 0.0756 e. The van der Waals surface area contributed by atoms with E-state index in [1.165, 1.54) is 0 Å².